The van der Waals surface area contributed by atoms with E-state index in [1.165, 1.54) is 0 Å². The fourth-order valence-electron chi connectivity index (χ4n) is 2.98. The van der Waals surface area contributed by atoms with Crippen LogP contribution in [-0.2, 0) is 5.60 Å². The van der Waals surface area contributed by atoms with Crippen LogP contribution in [0.4, 0.5) is 0 Å². The highest BCUT2D eigenvalue weighted by molar-refractivity contribution is 9.10. The Morgan fingerprint density at radius 1 is 0.773 bits per heavy atom. The molecule has 1 aliphatic heterocycles. The van der Waals surface area contributed by atoms with Crippen molar-refractivity contribution in [3.8, 4) is 11.5 Å². The second-order valence-corrected chi connectivity index (χ2v) is 6.23. The molecule has 4 rings (SSSR count). The van der Waals surface area contributed by atoms with Gasteiger partial charge in [-0.25, -0.2) is 0 Å². The van der Waals surface area contributed by atoms with E-state index in [4.69, 9.17) is 4.74 Å². The van der Waals surface area contributed by atoms with E-state index in [1.54, 1.807) is 0 Å². The first-order valence-electron chi connectivity index (χ1n) is 7.05. The third-order valence-electron chi connectivity index (χ3n) is 4.02. The maximum absolute atomic E-state index is 11.7. The predicted octanol–water partition coefficient (Wildman–Crippen LogP) is 4.84. The summed E-state index contributed by atoms with van der Waals surface area (Å²) in [5.74, 6) is 1.36. The van der Waals surface area contributed by atoms with E-state index in [9.17, 15) is 5.11 Å². The number of hydrogen-bond donors (Lipinski definition) is 1. The van der Waals surface area contributed by atoms with Gasteiger partial charge < -0.3 is 9.84 Å². The molecule has 0 aliphatic carbocycles. The minimum Gasteiger partial charge on any atom is -0.457 e. The Morgan fingerprint density at radius 2 is 1.45 bits per heavy atom. The lowest BCUT2D eigenvalue weighted by Gasteiger charge is -2.36. The van der Waals surface area contributed by atoms with Gasteiger partial charge in [0.25, 0.3) is 0 Å². The zero-order valence-electron chi connectivity index (χ0n) is 11.7. The summed E-state index contributed by atoms with van der Waals surface area (Å²) in [6.07, 6.45) is 0. The lowest BCUT2D eigenvalue weighted by molar-refractivity contribution is 0.112. The van der Waals surface area contributed by atoms with Crippen LogP contribution < -0.4 is 4.74 Å². The van der Waals surface area contributed by atoms with Crippen LogP contribution in [0.25, 0.3) is 0 Å². The number of halogens is 1. The summed E-state index contributed by atoms with van der Waals surface area (Å²) in [4.78, 5) is 0. The van der Waals surface area contributed by atoms with Gasteiger partial charge in [-0.3, -0.25) is 0 Å². The summed E-state index contributed by atoms with van der Waals surface area (Å²) in [7, 11) is 0. The first-order chi connectivity index (χ1) is 10.7. The Balaban J connectivity index is 2.07. The summed E-state index contributed by atoms with van der Waals surface area (Å²) in [6.45, 7) is 0. The number of hydrogen-bond acceptors (Lipinski definition) is 2. The van der Waals surface area contributed by atoms with Crippen molar-refractivity contribution < 1.29 is 9.84 Å². The monoisotopic (exact) mass is 352 g/mol. The van der Waals surface area contributed by atoms with E-state index in [0.29, 0.717) is 11.5 Å². The van der Waals surface area contributed by atoms with Gasteiger partial charge >= 0.3 is 0 Å². The van der Waals surface area contributed by atoms with Crippen LogP contribution in [0.2, 0.25) is 0 Å². The summed E-state index contributed by atoms with van der Waals surface area (Å²) in [5.41, 5.74) is 1.10. The lowest BCUT2D eigenvalue weighted by Crippen LogP contribution is -2.32. The Kier molecular flexibility index (Phi) is 3.06. The lowest BCUT2D eigenvalue weighted by atomic mass is 9.78. The topological polar surface area (TPSA) is 29.5 Å². The molecule has 0 bridgehead atoms. The molecule has 3 aromatic rings. The van der Waals surface area contributed by atoms with Gasteiger partial charge in [0, 0.05) is 15.6 Å². The first-order valence-corrected chi connectivity index (χ1v) is 7.84. The molecular formula is C19H13BrO2. The molecule has 1 N–H and O–H groups in total. The summed E-state index contributed by atoms with van der Waals surface area (Å²) >= 11 is 3.49. The third-order valence-corrected chi connectivity index (χ3v) is 4.51. The van der Waals surface area contributed by atoms with E-state index < -0.39 is 5.60 Å². The molecule has 0 fully saturated rings. The fraction of sp³-hybridized carbons (Fsp3) is 0.0526. The largest absolute Gasteiger partial charge is 0.457 e. The molecule has 0 aromatic heterocycles. The van der Waals surface area contributed by atoms with Crippen LogP contribution in [0.5, 0.6) is 11.5 Å². The van der Waals surface area contributed by atoms with E-state index in [1.807, 2.05) is 72.8 Å². The molecule has 0 amide bonds. The summed E-state index contributed by atoms with van der Waals surface area (Å²) < 4.78 is 6.87. The molecule has 0 saturated heterocycles. The molecule has 108 valence electrons. The molecule has 1 heterocycles. The Morgan fingerprint density at radius 3 is 2.27 bits per heavy atom. The van der Waals surface area contributed by atoms with Gasteiger partial charge in [0.05, 0.1) is 0 Å². The maximum Gasteiger partial charge on any atom is 0.147 e. The van der Waals surface area contributed by atoms with Gasteiger partial charge in [-0.05, 0) is 29.8 Å². The molecule has 1 unspecified atom stereocenters. The van der Waals surface area contributed by atoms with Crippen LogP contribution in [0.3, 0.4) is 0 Å². The minimum absolute atomic E-state index is 0.674. The van der Waals surface area contributed by atoms with Gasteiger partial charge in [-0.1, -0.05) is 64.5 Å². The van der Waals surface area contributed by atoms with Gasteiger partial charge in [0.1, 0.15) is 17.1 Å². The quantitative estimate of drug-likeness (QED) is 0.678. The molecule has 22 heavy (non-hydrogen) atoms. The van der Waals surface area contributed by atoms with Gasteiger partial charge in [-0.2, -0.15) is 0 Å². The van der Waals surface area contributed by atoms with Crippen molar-refractivity contribution in [3.63, 3.8) is 0 Å². The van der Waals surface area contributed by atoms with Crippen molar-refractivity contribution in [2.75, 3.05) is 0 Å². The molecule has 1 atom stereocenters. The van der Waals surface area contributed by atoms with Crippen molar-refractivity contribution in [2.45, 2.75) is 5.60 Å². The highest BCUT2D eigenvalue weighted by atomic mass is 79.9. The summed E-state index contributed by atoms with van der Waals surface area (Å²) in [5, 5.41) is 11.7. The zero-order valence-corrected chi connectivity index (χ0v) is 13.2. The average Bonchev–Trinajstić information content (AvgIpc) is 2.57. The fourth-order valence-corrected chi connectivity index (χ4v) is 3.34. The molecule has 2 nitrogen and oxygen atoms in total. The Hall–Kier alpha value is -2.10. The van der Waals surface area contributed by atoms with Gasteiger partial charge in [0.2, 0.25) is 0 Å². The van der Waals surface area contributed by atoms with Crippen LogP contribution in [0, 0.1) is 0 Å². The van der Waals surface area contributed by atoms with Crippen molar-refractivity contribution in [1.82, 2.24) is 0 Å². The standard InChI is InChI=1S/C19H13BrO2/c20-14-10-11-18-16(12-14)19(21,13-6-2-1-3-7-13)15-8-4-5-9-17(15)22-18/h1-12,21H. The molecule has 3 heteroatoms. The molecule has 0 saturated carbocycles. The average molecular weight is 353 g/mol. The summed E-state index contributed by atoms with van der Waals surface area (Å²) in [6, 6.07) is 23.0. The maximum atomic E-state index is 11.7. The predicted molar refractivity (Wildman–Crippen MR) is 89.2 cm³/mol. The first kappa shape index (κ1) is 13.6. The number of para-hydroxylation sites is 1. The second kappa shape index (κ2) is 4.97. The number of fused-ring (bicyclic) bond motifs is 2. The van der Waals surface area contributed by atoms with Crippen LogP contribution >= 0.6 is 15.9 Å². The highest BCUT2D eigenvalue weighted by Crippen LogP contribution is 2.50. The van der Waals surface area contributed by atoms with Gasteiger partial charge in [0.15, 0.2) is 0 Å². The second-order valence-electron chi connectivity index (χ2n) is 5.32. The number of rotatable bonds is 1. The van der Waals surface area contributed by atoms with Crippen molar-refractivity contribution in [1.29, 1.82) is 0 Å². The van der Waals surface area contributed by atoms with Gasteiger partial charge in [-0.15, -0.1) is 0 Å². The number of ether oxygens (including phenoxy) is 1. The van der Waals surface area contributed by atoms with E-state index >= 15 is 0 Å². The van der Waals surface area contributed by atoms with E-state index in [0.717, 1.165) is 21.2 Å². The van der Waals surface area contributed by atoms with Crippen LogP contribution in [-0.4, -0.2) is 5.11 Å². The minimum atomic E-state index is -1.23. The SMILES string of the molecule is OC1(c2ccccc2)c2ccccc2Oc2ccc(Br)cc21. The van der Waals surface area contributed by atoms with E-state index in [2.05, 4.69) is 15.9 Å². The third kappa shape index (κ3) is 1.90. The van der Waals surface area contributed by atoms with Crippen molar-refractivity contribution >= 4 is 15.9 Å². The van der Waals surface area contributed by atoms with Crippen molar-refractivity contribution in [3.05, 3.63) is 94.0 Å². The molecular weight excluding hydrogens is 340 g/mol. The molecule has 3 aromatic carbocycles. The molecule has 0 spiro atoms. The molecule has 0 radical (unpaired) electrons. The molecule has 1 aliphatic rings. The Bertz CT molecular complexity index is 845. The van der Waals surface area contributed by atoms with E-state index in [-0.39, 0.29) is 0 Å². The van der Waals surface area contributed by atoms with Crippen LogP contribution in [0.1, 0.15) is 16.7 Å². The number of aliphatic hydroxyl groups is 1. The normalized spacial score (nSPS) is 19.0. The number of benzene rings is 3. The highest BCUT2D eigenvalue weighted by Gasteiger charge is 2.41. The Labute approximate surface area is 137 Å². The van der Waals surface area contributed by atoms with Crippen LogP contribution in [0.15, 0.2) is 77.3 Å². The van der Waals surface area contributed by atoms with Crippen molar-refractivity contribution in [2.24, 2.45) is 0 Å². The zero-order chi connectivity index (χ0) is 15.2. The smallest absolute Gasteiger partial charge is 0.147 e.